The Morgan fingerprint density at radius 2 is 2.24 bits per heavy atom. The molecule has 0 aliphatic heterocycles. The molecule has 0 spiro atoms. The van der Waals surface area contributed by atoms with Gasteiger partial charge in [-0.1, -0.05) is 19.4 Å². The number of aryl methyl sites for hydroxylation is 1. The van der Waals surface area contributed by atoms with Gasteiger partial charge in [-0.2, -0.15) is 5.26 Å². The lowest BCUT2D eigenvalue weighted by Gasteiger charge is -2.09. The summed E-state index contributed by atoms with van der Waals surface area (Å²) in [7, 11) is 0. The minimum Gasteiger partial charge on any atom is -0.380 e. The Bertz CT molecular complexity index is 630. The molecule has 0 aliphatic carbocycles. The summed E-state index contributed by atoms with van der Waals surface area (Å²) >= 11 is 5.86. The maximum Gasteiger partial charge on any atom is 0.111 e. The molecule has 1 aromatic heterocycles. The molecule has 0 saturated heterocycles. The van der Waals surface area contributed by atoms with Crippen molar-refractivity contribution < 1.29 is 4.74 Å². The van der Waals surface area contributed by atoms with Crippen LogP contribution >= 0.6 is 11.6 Å². The van der Waals surface area contributed by atoms with E-state index >= 15 is 0 Å². The van der Waals surface area contributed by atoms with E-state index in [1.54, 1.807) is 6.07 Å². The molecule has 0 saturated carbocycles. The smallest absolute Gasteiger partial charge is 0.111 e. The number of para-hydroxylation sites is 1. The molecule has 1 aromatic carbocycles. The third kappa shape index (κ3) is 3.75. The van der Waals surface area contributed by atoms with Crippen molar-refractivity contribution in [1.82, 2.24) is 9.55 Å². The number of ether oxygens (including phenoxy) is 1. The van der Waals surface area contributed by atoms with E-state index in [1.165, 1.54) is 0 Å². The lowest BCUT2D eigenvalue weighted by molar-refractivity contribution is 0.123. The minimum absolute atomic E-state index is 0.516. The highest BCUT2D eigenvalue weighted by atomic mass is 35.5. The fourth-order valence-electron chi connectivity index (χ4n) is 2.31. The van der Waals surface area contributed by atoms with Gasteiger partial charge in [-0.25, -0.2) is 4.98 Å². The lowest BCUT2D eigenvalue weighted by atomic mass is 10.2. The van der Waals surface area contributed by atoms with Crippen LogP contribution in [0, 0.1) is 11.3 Å². The summed E-state index contributed by atoms with van der Waals surface area (Å²) in [5.74, 6) is 1.43. The van der Waals surface area contributed by atoms with E-state index < -0.39 is 0 Å². The van der Waals surface area contributed by atoms with Crippen LogP contribution in [0.4, 0.5) is 0 Å². The molecule has 0 bridgehead atoms. The number of imidazole rings is 1. The number of hydrogen-bond donors (Lipinski definition) is 0. The number of unbranched alkanes of at least 4 members (excludes halogenated alkanes) is 1. The van der Waals surface area contributed by atoms with Gasteiger partial charge in [0.05, 0.1) is 17.7 Å². The van der Waals surface area contributed by atoms with Crippen LogP contribution in [-0.2, 0) is 17.7 Å². The van der Waals surface area contributed by atoms with E-state index in [2.05, 4.69) is 22.5 Å². The second-order valence-corrected chi connectivity index (χ2v) is 5.25. The Morgan fingerprint density at radius 3 is 2.95 bits per heavy atom. The predicted octanol–water partition coefficient (Wildman–Crippen LogP) is 3.51. The SMILES string of the molecule is CCCCOCCn1c(CCCl)nc2c(C#N)cccc21. The van der Waals surface area contributed by atoms with E-state index in [1.807, 2.05) is 12.1 Å². The van der Waals surface area contributed by atoms with Crippen LogP contribution in [-0.4, -0.2) is 28.6 Å². The highest BCUT2D eigenvalue weighted by Crippen LogP contribution is 2.20. The molecule has 0 radical (unpaired) electrons. The molecule has 0 unspecified atom stereocenters. The van der Waals surface area contributed by atoms with E-state index in [9.17, 15) is 5.26 Å². The Balaban J connectivity index is 2.23. The van der Waals surface area contributed by atoms with Gasteiger partial charge in [-0.3, -0.25) is 0 Å². The fourth-order valence-corrected chi connectivity index (χ4v) is 2.48. The maximum atomic E-state index is 9.19. The normalized spacial score (nSPS) is 10.9. The second kappa shape index (κ2) is 8.02. The molecule has 1 heterocycles. The van der Waals surface area contributed by atoms with E-state index in [-0.39, 0.29) is 0 Å². The van der Waals surface area contributed by atoms with E-state index in [0.717, 1.165) is 42.9 Å². The molecule has 5 heteroatoms. The zero-order valence-electron chi connectivity index (χ0n) is 12.3. The van der Waals surface area contributed by atoms with Crippen LogP contribution in [0.15, 0.2) is 18.2 Å². The predicted molar refractivity (Wildman–Crippen MR) is 84.6 cm³/mol. The van der Waals surface area contributed by atoms with Crippen molar-refractivity contribution in [2.75, 3.05) is 19.1 Å². The molecule has 4 nitrogen and oxygen atoms in total. The number of aromatic nitrogens is 2. The van der Waals surface area contributed by atoms with Crippen LogP contribution in [0.5, 0.6) is 0 Å². The molecular weight excluding hydrogens is 286 g/mol. The van der Waals surface area contributed by atoms with Crippen LogP contribution in [0.25, 0.3) is 11.0 Å². The summed E-state index contributed by atoms with van der Waals surface area (Å²) in [4.78, 5) is 4.59. The molecule has 112 valence electrons. The van der Waals surface area contributed by atoms with Gasteiger partial charge in [0, 0.05) is 25.5 Å². The van der Waals surface area contributed by atoms with Gasteiger partial charge in [-0.05, 0) is 18.6 Å². The molecule has 0 fully saturated rings. The molecule has 2 rings (SSSR count). The zero-order chi connectivity index (χ0) is 15.1. The molecule has 0 N–H and O–H groups in total. The quantitative estimate of drug-likeness (QED) is 0.554. The van der Waals surface area contributed by atoms with Crippen molar-refractivity contribution in [2.45, 2.75) is 32.7 Å². The number of nitrogens with zero attached hydrogens (tertiary/aromatic N) is 3. The first-order valence-electron chi connectivity index (χ1n) is 7.33. The average molecular weight is 306 g/mol. The first-order chi connectivity index (χ1) is 10.3. The molecule has 0 atom stereocenters. The summed E-state index contributed by atoms with van der Waals surface area (Å²) in [5.41, 5.74) is 2.34. The number of alkyl halides is 1. The monoisotopic (exact) mass is 305 g/mol. The van der Waals surface area contributed by atoms with Crippen LogP contribution in [0.2, 0.25) is 0 Å². The lowest BCUT2D eigenvalue weighted by Crippen LogP contribution is -2.10. The number of fused-ring (bicyclic) bond motifs is 1. The van der Waals surface area contributed by atoms with Gasteiger partial charge in [0.2, 0.25) is 0 Å². The van der Waals surface area contributed by atoms with Gasteiger partial charge < -0.3 is 9.30 Å². The highest BCUT2D eigenvalue weighted by molar-refractivity contribution is 6.17. The molecule has 21 heavy (non-hydrogen) atoms. The van der Waals surface area contributed by atoms with Crippen LogP contribution in [0.3, 0.4) is 0 Å². The Hall–Kier alpha value is -1.57. The first kappa shape index (κ1) is 15.8. The van der Waals surface area contributed by atoms with Crippen molar-refractivity contribution >= 4 is 22.6 Å². The van der Waals surface area contributed by atoms with Crippen LogP contribution < -0.4 is 0 Å². The van der Waals surface area contributed by atoms with Crippen molar-refractivity contribution in [3.8, 4) is 6.07 Å². The van der Waals surface area contributed by atoms with Crippen molar-refractivity contribution in [1.29, 1.82) is 5.26 Å². The summed E-state index contributed by atoms with van der Waals surface area (Å²) in [6.07, 6.45) is 2.91. The van der Waals surface area contributed by atoms with Gasteiger partial charge in [-0.15, -0.1) is 11.6 Å². The number of hydrogen-bond acceptors (Lipinski definition) is 3. The number of halogens is 1. The van der Waals surface area contributed by atoms with Crippen LogP contribution in [0.1, 0.15) is 31.2 Å². The highest BCUT2D eigenvalue weighted by Gasteiger charge is 2.12. The molecule has 2 aromatic rings. The standard InChI is InChI=1S/C16H20ClN3O/c1-2-3-10-21-11-9-20-14-6-4-5-13(12-18)16(14)19-15(20)7-8-17/h4-6H,2-3,7-11H2,1H3. The first-order valence-corrected chi connectivity index (χ1v) is 7.87. The minimum atomic E-state index is 0.516. The molecular formula is C16H20ClN3O. The average Bonchev–Trinajstić information content (AvgIpc) is 2.85. The largest absolute Gasteiger partial charge is 0.380 e. The zero-order valence-corrected chi connectivity index (χ0v) is 13.1. The number of nitriles is 1. The number of benzene rings is 1. The summed E-state index contributed by atoms with van der Waals surface area (Å²) in [6.45, 7) is 4.32. The van der Waals surface area contributed by atoms with E-state index in [4.69, 9.17) is 16.3 Å². The third-order valence-corrected chi connectivity index (χ3v) is 3.59. The Kier molecular flexibility index (Phi) is 6.04. The Labute approximate surface area is 130 Å². The van der Waals surface area contributed by atoms with Crippen molar-refractivity contribution in [3.63, 3.8) is 0 Å². The van der Waals surface area contributed by atoms with Crippen molar-refractivity contribution in [2.24, 2.45) is 0 Å². The number of rotatable bonds is 8. The summed E-state index contributed by atoms with van der Waals surface area (Å²) < 4.78 is 7.75. The van der Waals surface area contributed by atoms with Gasteiger partial charge >= 0.3 is 0 Å². The molecule has 0 amide bonds. The van der Waals surface area contributed by atoms with Crippen molar-refractivity contribution in [3.05, 3.63) is 29.6 Å². The second-order valence-electron chi connectivity index (χ2n) is 4.87. The Morgan fingerprint density at radius 1 is 1.38 bits per heavy atom. The topological polar surface area (TPSA) is 50.8 Å². The molecule has 0 aliphatic rings. The van der Waals surface area contributed by atoms with Gasteiger partial charge in [0.15, 0.2) is 0 Å². The van der Waals surface area contributed by atoms with E-state index in [0.29, 0.717) is 24.5 Å². The van der Waals surface area contributed by atoms with Gasteiger partial charge in [0.25, 0.3) is 0 Å². The summed E-state index contributed by atoms with van der Waals surface area (Å²) in [5, 5.41) is 9.19. The third-order valence-electron chi connectivity index (χ3n) is 3.40. The summed E-state index contributed by atoms with van der Waals surface area (Å²) in [6, 6.07) is 7.87. The van der Waals surface area contributed by atoms with Gasteiger partial charge in [0.1, 0.15) is 17.4 Å². The fraction of sp³-hybridized carbons (Fsp3) is 0.500. The maximum absolute atomic E-state index is 9.19.